The molecule has 17 heteroatoms. The number of carbonyl (C=O) groups excluding carboxylic acids is 4. The van der Waals surface area contributed by atoms with Gasteiger partial charge in [-0.05, 0) is 104 Å². The molecule has 348 valence electrons. The van der Waals surface area contributed by atoms with Gasteiger partial charge in [-0.1, -0.05) is 35.3 Å². The zero-order valence-electron chi connectivity index (χ0n) is 38.6. The number of fused-ring (bicyclic) bond motifs is 1. The molecular formula is C48H60Cl2N8O7. The van der Waals surface area contributed by atoms with Gasteiger partial charge in [-0.3, -0.25) is 24.3 Å². The second kappa shape index (κ2) is 19.7. The van der Waals surface area contributed by atoms with Crippen LogP contribution in [0.5, 0.6) is 5.88 Å². The first-order valence-electron chi connectivity index (χ1n) is 22.3. The number of methoxy groups -OCH3 is 1. The first kappa shape index (κ1) is 47.7. The molecule has 5 heterocycles. The number of amides is 3. The molecule has 0 bridgehead atoms. The van der Waals surface area contributed by atoms with Crippen molar-refractivity contribution in [2.45, 2.75) is 117 Å². The summed E-state index contributed by atoms with van der Waals surface area (Å²) in [4.78, 5) is 70.0. The summed E-state index contributed by atoms with van der Waals surface area (Å²) in [5, 5.41) is 6.43. The van der Waals surface area contributed by atoms with Crippen LogP contribution >= 0.6 is 23.2 Å². The van der Waals surface area contributed by atoms with E-state index in [4.69, 9.17) is 47.4 Å². The van der Waals surface area contributed by atoms with Crippen LogP contribution in [0.4, 0.5) is 10.5 Å². The third-order valence-electron chi connectivity index (χ3n) is 12.0. The summed E-state index contributed by atoms with van der Waals surface area (Å²) in [6.07, 6.45) is 6.53. The summed E-state index contributed by atoms with van der Waals surface area (Å²) in [5.41, 5.74) is 3.67. The third kappa shape index (κ3) is 11.6. The van der Waals surface area contributed by atoms with Crippen molar-refractivity contribution in [2.75, 3.05) is 32.1 Å². The van der Waals surface area contributed by atoms with Gasteiger partial charge in [-0.25, -0.2) is 14.8 Å². The van der Waals surface area contributed by atoms with E-state index in [-0.39, 0.29) is 58.7 Å². The van der Waals surface area contributed by atoms with Crippen molar-refractivity contribution < 1.29 is 33.4 Å². The largest absolute Gasteiger partial charge is 0.481 e. The van der Waals surface area contributed by atoms with E-state index in [1.54, 1.807) is 62.2 Å². The Kier molecular flexibility index (Phi) is 14.5. The maximum Gasteiger partial charge on any atom is 0.410 e. The molecule has 0 spiro atoms. The molecule has 2 aliphatic heterocycles. The molecule has 1 aromatic carbocycles. The zero-order chi connectivity index (χ0) is 46.8. The number of rotatable bonds is 12. The second-order valence-corrected chi connectivity index (χ2v) is 20.1. The Balaban J connectivity index is 1.03. The lowest BCUT2D eigenvalue weighted by Gasteiger charge is -2.34. The summed E-state index contributed by atoms with van der Waals surface area (Å²) >= 11 is 14.1. The van der Waals surface area contributed by atoms with Gasteiger partial charge in [0.1, 0.15) is 11.2 Å². The molecule has 7 rings (SSSR count). The Labute approximate surface area is 390 Å². The predicted octanol–water partition coefficient (Wildman–Crippen LogP) is 8.63. The second-order valence-electron chi connectivity index (χ2n) is 19.3. The van der Waals surface area contributed by atoms with Gasteiger partial charge in [-0.15, -0.1) is 0 Å². The number of hydrogen-bond donors (Lipinski definition) is 2. The third-order valence-corrected chi connectivity index (χ3v) is 12.8. The molecule has 65 heavy (non-hydrogen) atoms. The SMILES string of the molecule is COc1nc(-c2ccnc(-c3cccc(NC(=O)c4nc5c(n4C)CCN(CC4CCC(C(=O)OC(C)(C)C)CC4)C5)c3Cl)c2Cl)ccc1CN(C[C@@H]1CCC(=O)N1)C(=O)OC(C)(C)C. The number of nitrogens with zero attached hydrogens (tertiary/aromatic N) is 6. The lowest BCUT2D eigenvalue weighted by Crippen LogP contribution is -2.43. The minimum Gasteiger partial charge on any atom is -0.481 e. The normalized spacial score (nSPS) is 19.0. The first-order valence-corrected chi connectivity index (χ1v) is 23.1. The number of imidazole rings is 1. The fourth-order valence-corrected chi connectivity index (χ4v) is 9.40. The number of benzene rings is 1. The summed E-state index contributed by atoms with van der Waals surface area (Å²) in [5.74, 6) is 0.503. The number of aromatic nitrogens is 4. The highest BCUT2D eigenvalue weighted by atomic mass is 35.5. The molecule has 1 saturated heterocycles. The average Bonchev–Trinajstić information content (AvgIpc) is 3.81. The highest BCUT2D eigenvalue weighted by Crippen LogP contribution is 2.41. The summed E-state index contributed by atoms with van der Waals surface area (Å²) < 4.78 is 18.9. The van der Waals surface area contributed by atoms with Crippen LogP contribution in [0.3, 0.4) is 0 Å². The van der Waals surface area contributed by atoms with Gasteiger partial charge in [0.05, 0.1) is 52.4 Å². The summed E-state index contributed by atoms with van der Waals surface area (Å²) in [6.45, 7) is 13.9. The number of esters is 1. The van der Waals surface area contributed by atoms with Crippen LogP contribution in [0.2, 0.25) is 10.0 Å². The van der Waals surface area contributed by atoms with E-state index in [2.05, 4.69) is 20.5 Å². The van der Waals surface area contributed by atoms with Crippen molar-refractivity contribution in [1.82, 2.24) is 34.6 Å². The van der Waals surface area contributed by atoms with Crippen molar-refractivity contribution in [2.24, 2.45) is 18.9 Å². The Hall–Kier alpha value is -5.25. The van der Waals surface area contributed by atoms with Crippen LogP contribution in [-0.2, 0) is 45.6 Å². The lowest BCUT2D eigenvalue weighted by atomic mass is 9.81. The molecule has 1 aliphatic carbocycles. The number of anilines is 1. The van der Waals surface area contributed by atoms with Gasteiger partial charge >= 0.3 is 12.1 Å². The number of nitrogens with one attached hydrogen (secondary N) is 2. The number of hydrogen-bond acceptors (Lipinski definition) is 11. The summed E-state index contributed by atoms with van der Waals surface area (Å²) in [6, 6.07) is 10.4. The first-order chi connectivity index (χ1) is 30.8. The van der Waals surface area contributed by atoms with Gasteiger partial charge in [0.2, 0.25) is 11.8 Å². The van der Waals surface area contributed by atoms with E-state index in [9.17, 15) is 19.2 Å². The van der Waals surface area contributed by atoms with E-state index in [1.807, 2.05) is 38.5 Å². The van der Waals surface area contributed by atoms with Crippen LogP contribution in [0.15, 0.2) is 42.6 Å². The average molecular weight is 932 g/mol. The molecule has 3 aromatic heterocycles. The van der Waals surface area contributed by atoms with Crippen LogP contribution < -0.4 is 15.4 Å². The summed E-state index contributed by atoms with van der Waals surface area (Å²) in [7, 11) is 3.37. The maximum atomic E-state index is 13.9. The van der Waals surface area contributed by atoms with Crippen molar-refractivity contribution in [1.29, 1.82) is 0 Å². The van der Waals surface area contributed by atoms with Crippen LogP contribution in [0.25, 0.3) is 22.5 Å². The minimum absolute atomic E-state index is 0.0349. The Morgan fingerprint density at radius 1 is 0.908 bits per heavy atom. The van der Waals surface area contributed by atoms with E-state index in [1.165, 1.54) is 7.11 Å². The predicted molar refractivity (Wildman–Crippen MR) is 249 cm³/mol. The minimum atomic E-state index is -0.721. The van der Waals surface area contributed by atoms with Gasteiger partial charge < -0.3 is 34.3 Å². The number of carbonyl (C=O) groups is 4. The van der Waals surface area contributed by atoms with E-state index in [0.29, 0.717) is 59.1 Å². The molecule has 2 fully saturated rings. The fraction of sp³-hybridized carbons (Fsp3) is 0.521. The molecule has 3 aliphatic rings. The van der Waals surface area contributed by atoms with E-state index in [0.717, 1.165) is 56.6 Å². The molecule has 3 amide bonds. The Morgan fingerprint density at radius 2 is 1.65 bits per heavy atom. The van der Waals surface area contributed by atoms with Crippen LogP contribution in [0.1, 0.15) is 108 Å². The molecule has 1 saturated carbocycles. The van der Waals surface area contributed by atoms with Crippen LogP contribution in [-0.4, -0.2) is 97.2 Å². The standard InChI is InChI=1S/C48H60Cl2N8O7/c1-47(2,3)64-45(61)29-14-12-28(13-15-29)24-57-23-21-37-36(27-57)53-42(56(37)7)43(60)54-35-11-9-10-33(39(35)49)41-40(50)32(20-22-51-41)34-18-16-30(44(55-34)63-8)25-58(46(62)65-48(4,5)6)26-31-17-19-38(59)52-31/h9-11,16,18,20,22,28-29,31H,12-15,17,19,21,23-27H2,1-8H3,(H,52,59)(H,54,60)/t28?,29?,31-/m0/s1. The van der Waals surface area contributed by atoms with E-state index >= 15 is 0 Å². The van der Waals surface area contributed by atoms with Crippen molar-refractivity contribution in [3.8, 4) is 28.4 Å². The van der Waals surface area contributed by atoms with E-state index < -0.39 is 23.2 Å². The molecule has 15 nitrogen and oxygen atoms in total. The number of pyridine rings is 2. The smallest absolute Gasteiger partial charge is 0.410 e. The highest BCUT2D eigenvalue weighted by Gasteiger charge is 2.33. The van der Waals surface area contributed by atoms with Crippen molar-refractivity contribution in [3.63, 3.8) is 0 Å². The molecular weight excluding hydrogens is 871 g/mol. The zero-order valence-corrected chi connectivity index (χ0v) is 40.1. The highest BCUT2D eigenvalue weighted by molar-refractivity contribution is 6.39. The topological polar surface area (TPSA) is 170 Å². The fourth-order valence-electron chi connectivity index (χ4n) is 8.82. The molecule has 0 radical (unpaired) electrons. The number of halogens is 2. The van der Waals surface area contributed by atoms with Gasteiger partial charge in [0.25, 0.3) is 5.91 Å². The molecule has 2 N–H and O–H groups in total. The molecule has 1 atom stereocenters. The number of ether oxygens (including phenoxy) is 3. The Bertz CT molecular complexity index is 2440. The maximum absolute atomic E-state index is 13.9. The van der Waals surface area contributed by atoms with Gasteiger partial charge in [0, 0.05) is 80.7 Å². The van der Waals surface area contributed by atoms with Gasteiger partial charge in [0.15, 0.2) is 5.82 Å². The molecule has 4 aromatic rings. The van der Waals surface area contributed by atoms with Gasteiger partial charge in [-0.2, -0.15) is 0 Å². The molecule has 0 unspecified atom stereocenters. The Morgan fingerprint density at radius 3 is 2.32 bits per heavy atom. The van der Waals surface area contributed by atoms with Crippen LogP contribution in [0, 0.1) is 11.8 Å². The lowest BCUT2D eigenvalue weighted by molar-refractivity contribution is -0.161. The monoisotopic (exact) mass is 930 g/mol. The quantitative estimate of drug-likeness (QED) is 0.130. The van der Waals surface area contributed by atoms with Crippen molar-refractivity contribution in [3.05, 3.63) is 75.4 Å². The van der Waals surface area contributed by atoms with Crippen molar-refractivity contribution >= 4 is 52.8 Å².